The second-order valence-corrected chi connectivity index (χ2v) is 5.02. The van der Waals surface area contributed by atoms with Gasteiger partial charge in [-0.15, -0.1) is 11.3 Å². The van der Waals surface area contributed by atoms with Gasteiger partial charge in [-0.25, -0.2) is 9.78 Å². The number of ether oxygens (including phenoxy) is 1. The van der Waals surface area contributed by atoms with Crippen LogP contribution in [0.5, 0.6) is 0 Å². The Balaban J connectivity index is 1.98. The van der Waals surface area contributed by atoms with E-state index in [2.05, 4.69) is 4.98 Å². The molecule has 0 bridgehead atoms. The molecule has 1 N–H and O–H groups in total. The summed E-state index contributed by atoms with van der Waals surface area (Å²) in [5, 5.41) is 10.3. The molecule has 0 saturated carbocycles. The molecule has 98 valence electrons. The van der Waals surface area contributed by atoms with E-state index in [-0.39, 0.29) is 22.7 Å². The largest absolute Gasteiger partial charge is 0.476 e. The van der Waals surface area contributed by atoms with Gasteiger partial charge in [0.05, 0.1) is 6.10 Å². The summed E-state index contributed by atoms with van der Waals surface area (Å²) >= 11 is 1.05. The van der Waals surface area contributed by atoms with Gasteiger partial charge in [0.2, 0.25) is 0 Å². The van der Waals surface area contributed by atoms with Crippen LogP contribution < -0.4 is 0 Å². The molecule has 1 aliphatic rings. The van der Waals surface area contributed by atoms with Crippen molar-refractivity contribution in [1.29, 1.82) is 0 Å². The average molecular weight is 270 g/mol. The number of nitrogens with zero attached hydrogens (tertiary/aromatic N) is 2. The maximum Gasteiger partial charge on any atom is 0.355 e. The number of hydrogen-bond acceptors (Lipinski definition) is 5. The zero-order chi connectivity index (χ0) is 13.1. The van der Waals surface area contributed by atoms with Gasteiger partial charge in [0, 0.05) is 25.6 Å². The zero-order valence-electron chi connectivity index (χ0n) is 9.96. The van der Waals surface area contributed by atoms with Crippen molar-refractivity contribution in [3.8, 4) is 0 Å². The first kappa shape index (κ1) is 13.0. The standard InChI is InChI=1S/C11H14N2O4S/c1-13(5-7-3-2-4-17-7)10(14)9-12-8(6-18-9)11(15)16/h6-7H,2-5H2,1H3,(H,15,16). The molecule has 1 unspecified atom stereocenters. The summed E-state index contributed by atoms with van der Waals surface area (Å²) in [7, 11) is 1.67. The lowest BCUT2D eigenvalue weighted by molar-refractivity contribution is 0.0586. The number of carbonyl (C=O) groups excluding carboxylic acids is 1. The Hall–Kier alpha value is -1.47. The van der Waals surface area contributed by atoms with Gasteiger partial charge in [0.25, 0.3) is 5.91 Å². The quantitative estimate of drug-likeness (QED) is 0.886. The molecule has 2 rings (SSSR count). The van der Waals surface area contributed by atoms with Crippen molar-refractivity contribution in [2.75, 3.05) is 20.2 Å². The topological polar surface area (TPSA) is 79.7 Å². The second-order valence-electron chi connectivity index (χ2n) is 4.16. The molecule has 0 spiro atoms. The first-order valence-corrected chi connectivity index (χ1v) is 6.52. The normalized spacial score (nSPS) is 18.8. The Bertz CT molecular complexity index is 454. The number of aromatic nitrogens is 1. The number of likely N-dealkylation sites (N-methyl/N-ethyl adjacent to an activating group) is 1. The molecule has 18 heavy (non-hydrogen) atoms. The number of carboxylic acids is 1. The molecule has 2 heterocycles. The van der Waals surface area contributed by atoms with Crippen LogP contribution in [-0.4, -0.2) is 53.2 Å². The van der Waals surface area contributed by atoms with Crippen molar-refractivity contribution in [2.24, 2.45) is 0 Å². The van der Waals surface area contributed by atoms with Crippen LogP contribution in [0.1, 0.15) is 33.1 Å². The fourth-order valence-electron chi connectivity index (χ4n) is 1.81. The van der Waals surface area contributed by atoms with Crippen molar-refractivity contribution in [3.05, 3.63) is 16.1 Å². The lowest BCUT2D eigenvalue weighted by Gasteiger charge is -2.19. The minimum atomic E-state index is -1.12. The fraction of sp³-hybridized carbons (Fsp3) is 0.545. The van der Waals surface area contributed by atoms with Crippen LogP contribution in [0, 0.1) is 0 Å². The van der Waals surface area contributed by atoms with Crippen LogP contribution in [0.3, 0.4) is 0 Å². The van der Waals surface area contributed by atoms with E-state index in [1.165, 1.54) is 10.3 Å². The maximum atomic E-state index is 12.0. The molecular formula is C11H14N2O4S. The van der Waals surface area contributed by atoms with Crippen molar-refractivity contribution < 1.29 is 19.4 Å². The molecule has 7 heteroatoms. The number of thiazole rings is 1. The van der Waals surface area contributed by atoms with Gasteiger partial charge >= 0.3 is 5.97 Å². The second kappa shape index (κ2) is 5.45. The lowest BCUT2D eigenvalue weighted by Crippen LogP contribution is -2.34. The van der Waals surface area contributed by atoms with E-state index < -0.39 is 5.97 Å². The maximum absolute atomic E-state index is 12.0. The lowest BCUT2D eigenvalue weighted by atomic mass is 10.2. The van der Waals surface area contributed by atoms with Gasteiger partial charge in [-0.2, -0.15) is 0 Å². The third-order valence-electron chi connectivity index (χ3n) is 2.75. The zero-order valence-corrected chi connectivity index (χ0v) is 10.8. The molecule has 0 radical (unpaired) electrons. The molecule has 1 fully saturated rings. The number of carboxylic acid groups (broad SMARTS) is 1. The Morgan fingerprint density at radius 3 is 3.00 bits per heavy atom. The predicted molar refractivity (Wildman–Crippen MR) is 65.0 cm³/mol. The van der Waals surface area contributed by atoms with Gasteiger partial charge in [-0.3, -0.25) is 4.79 Å². The molecule has 6 nitrogen and oxygen atoms in total. The summed E-state index contributed by atoms with van der Waals surface area (Å²) < 4.78 is 5.45. The predicted octanol–water partition coefficient (Wildman–Crippen LogP) is 1.09. The highest BCUT2D eigenvalue weighted by Crippen LogP contribution is 2.16. The highest BCUT2D eigenvalue weighted by atomic mass is 32.1. The van der Waals surface area contributed by atoms with Crippen molar-refractivity contribution in [2.45, 2.75) is 18.9 Å². The number of carbonyl (C=O) groups is 2. The monoisotopic (exact) mass is 270 g/mol. The molecule has 0 aromatic carbocycles. The first-order chi connectivity index (χ1) is 8.58. The van der Waals surface area contributed by atoms with Crippen LogP contribution in [0.2, 0.25) is 0 Å². The molecule has 1 aromatic rings. The molecular weight excluding hydrogens is 256 g/mol. The van der Waals surface area contributed by atoms with Gasteiger partial charge in [0.15, 0.2) is 10.7 Å². The highest BCUT2D eigenvalue weighted by molar-refractivity contribution is 7.11. The Labute approximate surface area is 108 Å². The smallest absolute Gasteiger partial charge is 0.355 e. The number of amides is 1. The summed E-state index contributed by atoms with van der Waals surface area (Å²) in [6.45, 7) is 1.26. The summed E-state index contributed by atoms with van der Waals surface area (Å²) in [6.07, 6.45) is 2.06. The minimum Gasteiger partial charge on any atom is -0.476 e. The number of aromatic carboxylic acids is 1. The fourth-order valence-corrected chi connectivity index (χ4v) is 2.59. The highest BCUT2D eigenvalue weighted by Gasteiger charge is 2.23. The van der Waals surface area contributed by atoms with Crippen molar-refractivity contribution >= 4 is 23.2 Å². The van der Waals surface area contributed by atoms with Gasteiger partial charge in [-0.05, 0) is 12.8 Å². The minimum absolute atomic E-state index is 0.0813. The summed E-state index contributed by atoms with van der Waals surface area (Å²) in [5.41, 5.74) is -0.0890. The van der Waals surface area contributed by atoms with Crippen LogP contribution in [-0.2, 0) is 4.74 Å². The molecule has 1 saturated heterocycles. The van der Waals surface area contributed by atoms with E-state index in [4.69, 9.17) is 9.84 Å². The van der Waals surface area contributed by atoms with E-state index in [1.54, 1.807) is 7.05 Å². The first-order valence-electron chi connectivity index (χ1n) is 5.64. The van der Waals surface area contributed by atoms with E-state index in [1.807, 2.05) is 0 Å². The SMILES string of the molecule is CN(CC1CCCO1)C(=O)c1nc(C(=O)O)cs1. The molecule has 0 aliphatic carbocycles. The van der Waals surface area contributed by atoms with Crippen LogP contribution in [0.15, 0.2) is 5.38 Å². The average Bonchev–Trinajstić information content (AvgIpc) is 2.98. The van der Waals surface area contributed by atoms with Crippen LogP contribution in [0.4, 0.5) is 0 Å². The Morgan fingerprint density at radius 2 is 2.44 bits per heavy atom. The molecule has 1 atom stereocenters. The number of hydrogen-bond donors (Lipinski definition) is 1. The van der Waals surface area contributed by atoms with E-state index in [0.29, 0.717) is 6.54 Å². The molecule has 1 aromatic heterocycles. The molecule has 1 amide bonds. The summed E-state index contributed by atoms with van der Waals surface area (Å²) in [5.74, 6) is -1.38. The summed E-state index contributed by atoms with van der Waals surface area (Å²) in [6, 6.07) is 0. The van der Waals surface area contributed by atoms with Crippen LogP contribution >= 0.6 is 11.3 Å². The van der Waals surface area contributed by atoms with Crippen molar-refractivity contribution in [3.63, 3.8) is 0 Å². The third-order valence-corrected chi connectivity index (χ3v) is 3.58. The van der Waals surface area contributed by atoms with E-state index in [9.17, 15) is 9.59 Å². The Kier molecular flexibility index (Phi) is 3.93. The molecule has 1 aliphatic heterocycles. The van der Waals surface area contributed by atoms with Crippen LogP contribution in [0.25, 0.3) is 0 Å². The van der Waals surface area contributed by atoms with Gasteiger partial charge < -0.3 is 14.7 Å². The van der Waals surface area contributed by atoms with Gasteiger partial charge in [-0.1, -0.05) is 0 Å². The van der Waals surface area contributed by atoms with E-state index >= 15 is 0 Å². The third kappa shape index (κ3) is 2.85. The van der Waals surface area contributed by atoms with E-state index in [0.717, 1.165) is 30.8 Å². The van der Waals surface area contributed by atoms with Crippen molar-refractivity contribution in [1.82, 2.24) is 9.88 Å². The number of rotatable bonds is 4. The Morgan fingerprint density at radius 1 is 1.67 bits per heavy atom. The van der Waals surface area contributed by atoms with Gasteiger partial charge in [0.1, 0.15) is 0 Å². The summed E-state index contributed by atoms with van der Waals surface area (Å²) in [4.78, 5) is 28.0.